The summed E-state index contributed by atoms with van der Waals surface area (Å²) in [6.45, 7) is 5.39. The van der Waals surface area contributed by atoms with E-state index in [4.69, 9.17) is 0 Å². The van der Waals surface area contributed by atoms with Crippen LogP contribution in [0.15, 0.2) is 30.0 Å². The largest absolute Gasteiger partial charge is 0.339 e. The molecule has 150 valence electrons. The van der Waals surface area contributed by atoms with Gasteiger partial charge in [0.15, 0.2) is 10.9 Å². The molecule has 4 rings (SSSR count). The highest BCUT2D eigenvalue weighted by atomic mass is 32.1. The van der Waals surface area contributed by atoms with Gasteiger partial charge in [-0.3, -0.25) is 9.78 Å². The minimum atomic E-state index is 0.0323. The van der Waals surface area contributed by atoms with Crippen molar-refractivity contribution in [3.63, 3.8) is 0 Å². The summed E-state index contributed by atoms with van der Waals surface area (Å²) in [5.74, 6) is 1.05. The number of anilines is 2. The number of rotatable bonds is 5. The van der Waals surface area contributed by atoms with Crippen molar-refractivity contribution in [2.45, 2.75) is 32.6 Å². The predicted molar refractivity (Wildman–Crippen MR) is 117 cm³/mol. The van der Waals surface area contributed by atoms with E-state index in [0.29, 0.717) is 13.1 Å². The lowest BCUT2D eigenvalue weighted by Gasteiger charge is -2.31. The Bertz CT molecular complexity index is 1020. The molecule has 0 saturated carbocycles. The predicted octanol–water partition coefficient (Wildman–Crippen LogP) is 4.17. The molecule has 9 heteroatoms. The molecule has 0 bridgehead atoms. The maximum absolute atomic E-state index is 12.5. The van der Waals surface area contributed by atoms with Crippen LogP contribution >= 0.6 is 22.7 Å². The van der Waals surface area contributed by atoms with Gasteiger partial charge in [-0.25, -0.2) is 15.0 Å². The van der Waals surface area contributed by atoms with Gasteiger partial charge in [0, 0.05) is 53.9 Å². The number of thiazole rings is 2. The van der Waals surface area contributed by atoms with Crippen molar-refractivity contribution in [3.8, 4) is 0 Å². The molecule has 3 aromatic heterocycles. The van der Waals surface area contributed by atoms with Crippen molar-refractivity contribution in [1.82, 2.24) is 24.8 Å². The number of aryl methyl sites for hydroxylation is 2. The van der Waals surface area contributed by atoms with E-state index >= 15 is 0 Å². The smallest absolute Gasteiger partial charge is 0.246 e. The van der Waals surface area contributed by atoms with Crippen LogP contribution in [0, 0.1) is 13.8 Å². The Morgan fingerprint density at radius 3 is 2.69 bits per heavy atom. The number of piperidine rings is 1. The van der Waals surface area contributed by atoms with Crippen LogP contribution in [0.3, 0.4) is 0 Å². The molecule has 1 N–H and O–H groups in total. The molecule has 1 aliphatic heterocycles. The van der Waals surface area contributed by atoms with E-state index in [2.05, 4.69) is 25.3 Å². The fourth-order valence-electron chi connectivity index (χ4n) is 3.35. The first kappa shape index (κ1) is 19.7. The molecule has 29 heavy (non-hydrogen) atoms. The van der Waals surface area contributed by atoms with E-state index in [0.717, 1.165) is 45.1 Å². The summed E-state index contributed by atoms with van der Waals surface area (Å²) in [4.78, 5) is 33.3. The van der Waals surface area contributed by atoms with Crippen LogP contribution in [0.5, 0.6) is 0 Å². The normalized spacial score (nSPS) is 15.2. The van der Waals surface area contributed by atoms with Gasteiger partial charge in [-0.1, -0.05) is 0 Å². The van der Waals surface area contributed by atoms with Gasteiger partial charge in [0.05, 0.1) is 16.4 Å². The summed E-state index contributed by atoms with van der Waals surface area (Å²) in [7, 11) is 0. The van der Waals surface area contributed by atoms with E-state index in [1.165, 1.54) is 0 Å². The van der Waals surface area contributed by atoms with Crippen molar-refractivity contribution in [2.24, 2.45) is 0 Å². The molecule has 4 heterocycles. The first-order valence-electron chi connectivity index (χ1n) is 9.48. The molecule has 0 spiro atoms. The molecular formula is C20H22N6OS2. The molecule has 1 fully saturated rings. The number of hydrogen-bond donors (Lipinski definition) is 1. The van der Waals surface area contributed by atoms with Crippen LogP contribution in [0.2, 0.25) is 0 Å². The second kappa shape index (κ2) is 8.79. The van der Waals surface area contributed by atoms with Gasteiger partial charge >= 0.3 is 0 Å². The van der Waals surface area contributed by atoms with Gasteiger partial charge < -0.3 is 10.2 Å². The van der Waals surface area contributed by atoms with Gasteiger partial charge in [0.2, 0.25) is 5.91 Å². The highest BCUT2D eigenvalue weighted by Crippen LogP contribution is 2.32. The summed E-state index contributed by atoms with van der Waals surface area (Å²) >= 11 is 3.18. The summed E-state index contributed by atoms with van der Waals surface area (Å²) in [5.41, 5.74) is 1.78. The SMILES string of the molecule is Cc1cnc(Nc2nccnc2C2CCN(C(=O)/C=C/c3csc(C)n3)CC2)s1. The lowest BCUT2D eigenvalue weighted by atomic mass is 9.93. The molecule has 0 aliphatic carbocycles. The molecule has 0 atom stereocenters. The van der Waals surface area contributed by atoms with E-state index in [9.17, 15) is 4.79 Å². The van der Waals surface area contributed by atoms with Crippen molar-refractivity contribution < 1.29 is 4.79 Å². The van der Waals surface area contributed by atoms with Crippen LogP contribution < -0.4 is 5.32 Å². The minimum Gasteiger partial charge on any atom is -0.339 e. The fraction of sp³-hybridized carbons (Fsp3) is 0.350. The average Bonchev–Trinajstić information content (AvgIpc) is 3.34. The van der Waals surface area contributed by atoms with Crippen molar-refractivity contribution in [1.29, 1.82) is 0 Å². The fourth-order valence-corrected chi connectivity index (χ4v) is 4.59. The Morgan fingerprint density at radius 2 is 2.00 bits per heavy atom. The van der Waals surface area contributed by atoms with E-state index in [1.807, 2.05) is 30.3 Å². The molecule has 0 unspecified atom stereocenters. The molecule has 1 amide bonds. The average molecular weight is 427 g/mol. The third-order valence-corrected chi connectivity index (χ3v) is 6.42. The Balaban J connectivity index is 1.38. The number of carbonyl (C=O) groups is 1. The number of hydrogen-bond acceptors (Lipinski definition) is 8. The summed E-state index contributed by atoms with van der Waals surface area (Å²) in [6.07, 6.45) is 10.4. The second-order valence-electron chi connectivity index (χ2n) is 6.92. The first-order chi connectivity index (χ1) is 14.1. The quantitative estimate of drug-likeness (QED) is 0.617. The van der Waals surface area contributed by atoms with Crippen molar-refractivity contribution >= 4 is 45.6 Å². The number of aromatic nitrogens is 4. The second-order valence-corrected chi connectivity index (χ2v) is 9.21. The van der Waals surface area contributed by atoms with Gasteiger partial charge in [0.25, 0.3) is 0 Å². The first-order valence-corrected chi connectivity index (χ1v) is 11.2. The Kier molecular flexibility index (Phi) is 5.96. The highest BCUT2D eigenvalue weighted by molar-refractivity contribution is 7.15. The molecule has 0 aromatic carbocycles. The zero-order valence-electron chi connectivity index (χ0n) is 16.3. The molecular weight excluding hydrogens is 404 g/mol. The summed E-state index contributed by atoms with van der Waals surface area (Å²) in [6, 6.07) is 0. The lowest BCUT2D eigenvalue weighted by molar-refractivity contribution is -0.126. The monoisotopic (exact) mass is 426 g/mol. The van der Waals surface area contributed by atoms with Crippen LogP contribution in [-0.2, 0) is 4.79 Å². The Hall–Kier alpha value is -2.65. The van der Waals surface area contributed by atoms with Crippen LogP contribution in [-0.4, -0.2) is 43.8 Å². The van der Waals surface area contributed by atoms with Crippen LogP contribution in [0.4, 0.5) is 10.9 Å². The standard InChI is InChI=1S/C20H22N6OS2/c1-13-11-23-20(29-13)25-19-18(21-7-8-22-19)15-5-9-26(10-6-15)17(27)4-3-16-12-28-14(2)24-16/h3-4,7-8,11-12,15H,5-6,9-10H2,1-2H3,(H,22,23,25)/b4-3+. The highest BCUT2D eigenvalue weighted by Gasteiger charge is 2.26. The van der Waals surface area contributed by atoms with E-state index in [-0.39, 0.29) is 11.8 Å². The third-order valence-electron chi connectivity index (χ3n) is 4.80. The Morgan fingerprint density at radius 1 is 1.21 bits per heavy atom. The van der Waals surface area contributed by atoms with Crippen LogP contribution in [0.25, 0.3) is 6.08 Å². The third kappa shape index (κ3) is 4.86. The Labute approximate surface area is 177 Å². The number of likely N-dealkylation sites (tertiary alicyclic amines) is 1. The minimum absolute atomic E-state index is 0.0323. The van der Waals surface area contributed by atoms with E-state index in [1.54, 1.807) is 47.2 Å². The molecule has 1 saturated heterocycles. The van der Waals surface area contributed by atoms with Gasteiger partial charge in [-0.2, -0.15) is 0 Å². The number of amides is 1. The maximum atomic E-state index is 12.5. The van der Waals surface area contributed by atoms with Gasteiger partial charge in [0.1, 0.15) is 0 Å². The molecule has 1 aliphatic rings. The summed E-state index contributed by atoms with van der Waals surface area (Å²) in [5, 5.41) is 7.08. The molecule has 0 radical (unpaired) electrons. The molecule has 3 aromatic rings. The van der Waals surface area contributed by atoms with Crippen molar-refractivity contribution in [2.75, 3.05) is 18.4 Å². The van der Waals surface area contributed by atoms with Crippen molar-refractivity contribution in [3.05, 3.63) is 51.3 Å². The summed E-state index contributed by atoms with van der Waals surface area (Å²) < 4.78 is 0. The number of nitrogens with one attached hydrogen (secondary N) is 1. The van der Waals surface area contributed by atoms with Gasteiger partial charge in [-0.05, 0) is 32.8 Å². The van der Waals surface area contributed by atoms with Crippen LogP contribution in [0.1, 0.15) is 40.0 Å². The molecule has 7 nitrogen and oxygen atoms in total. The lowest BCUT2D eigenvalue weighted by Crippen LogP contribution is -2.37. The zero-order valence-corrected chi connectivity index (χ0v) is 18.0. The maximum Gasteiger partial charge on any atom is 0.246 e. The van der Waals surface area contributed by atoms with E-state index < -0.39 is 0 Å². The number of carbonyl (C=O) groups excluding carboxylic acids is 1. The topological polar surface area (TPSA) is 83.9 Å². The number of nitrogens with zero attached hydrogens (tertiary/aromatic N) is 5. The zero-order chi connectivity index (χ0) is 20.2. The van der Waals surface area contributed by atoms with Gasteiger partial charge in [-0.15, -0.1) is 22.7 Å².